The number of rotatable bonds is 6. The molecule has 7 nitrogen and oxygen atoms in total. The summed E-state index contributed by atoms with van der Waals surface area (Å²) in [5.41, 5.74) is 2.30. The summed E-state index contributed by atoms with van der Waals surface area (Å²) in [6.07, 6.45) is 2.34. The number of benzene rings is 1. The lowest BCUT2D eigenvalue weighted by Gasteiger charge is -2.13. The lowest BCUT2D eigenvalue weighted by atomic mass is 10.0. The molecule has 0 aliphatic rings. The van der Waals surface area contributed by atoms with Crippen LogP contribution in [0, 0.1) is 13.8 Å². The molecule has 3 aromatic rings. The number of ether oxygens (including phenoxy) is 3. The van der Waals surface area contributed by atoms with Gasteiger partial charge in [-0.1, -0.05) is 6.07 Å². The van der Waals surface area contributed by atoms with Crippen LogP contribution < -0.4 is 15.0 Å². The minimum absolute atomic E-state index is 0.182. The minimum atomic E-state index is -0.498. The molecule has 0 atom stereocenters. The van der Waals surface area contributed by atoms with E-state index in [1.807, 2.05) is 18.2 Å². The van der Waals surface area contributed by atoms with Gasteiger partial charge in [0.15, 0.2) is 11.5 Å². The Bertz CT molecular complexity index is 1130. The third-order valence-corrected chi connectivity index (χ3v) is 4.97. The summed E-state index contributed by atoms with van der Waals surface area (Å²) in [4.78, 5) is 29.7. The van der Waals surface area contributed by atoms with Crippen LogP contribution in [0.15, 0.2) is 35.3 Å². The fourth-order valence-corrected chi connectivity index (χ4v) is 3.51. The first-order chi connectivity index (χ1) is 13.9. The number of carbonyl (C=O) groups is 1. The van der Waals surface area contributed by atoms with Gasteiger partial charge >= 0.3 is 5.97 Å². The quantitative estimate of drug-likeness (QED) is 0.596. The van der Waals surface area contributed by atoms with E-state index in [1.54, 1.807) is 44.9 Å². The molecular weight excluding hydrogens is 372 g/mol. The Balaban J connectivity index is 1.99. The van der Waals surface area contributed by atoms with Gasteiger partial charge in [-0.15, -0.1) is 0 Å². The summed E-state index contributed by atoms with van der Waals surface area (Å²) < 4.78 is 17.1. The van der Waals surface area contributed by atoms with Crippen molar-refractivity contribution in [2.75, 3.05) is 21.3 Å². The molecule has 0 N–H and O–H groups in total. The maximum absolute atomic E-state index is 13.1. The molecular formula is C22H24N2O5. The minimum Gasteiger partial charge on any atom is -0.493 e. The SMILES string of the molecule is COC(=O)c1c(C)nc(C)c2c(=O)n(CCc3ccc(OC)c(OC)c3)ccc12. The molecule has 1 aromatic carbocycles. The molecule has 0 amide bonds. The van der Waals surface area contributed by atoms with Crippen LogP contribution in [0.5, 0.6) is 11.5 Å². The van der Waals surface area contributed by atoms with E-state index in [0.29, 0.717) is 52.2 Å². The van der Waals surface area contributed by atoms with Crippen molar-refractivity contribution in [2.45, 2.75) is 26.8 Å². The monoisotopic (exact) mass is 396 g/mol. The molecule has 0 saturated heterocycles. The van der Waals surface area contributed by atoms with Gasteiger partial charge in [0.25, 0.3) is 5.56 Å². The third-order valence-electron chi connectivity index (χ3n) is 4.97. The largest absolute Gasteiger partial charge is 0.493 e. The number of aryl methyl sites for hydroxylation is 4. The van der Waals surface area contributed by atoms with Crippen molar-refractivity contribution >= 4 is 16.7 Å². The number of aromatic nitrogens is 2. The van der Waals surface area contributed by atoms with Gasteiger partial charge in [0.05, 0.1) is 43.7 Å². The van der Waals surface area contributed by atoms with Crippen LogP contribution in [0.3, 0.4) is 0 Å². The number of hydrogen-bond donors (Lipinski definition) is 0. The van der Waals surface area contributed by atoms with Crippen molar-refractivity contribution in [2.24, 2.45) is 0 Å². The van der Waals surface area contributed by atoms with Crippen LogP contribution in [0.4, 0.5) is 0 Å². The van der Waals surface area contributed by atoms with Gasteiger partial charge in [-0.25, -0.2) is 4.79 Å². The zero-order chi connectivity index (χ0) is 21.1. The summed E-state index contributed by atoms with van der Waals surface area (Å²) in [7, 11) is 4.50. The van der Waals surface area contributed by atoms with Gasteiger partial charge in [0.1, 0.15) is 0 Å². The van der Waals surface area contributed by atoms with Crippen molar-refractivity contribution in [1.29, 1.82) is 0 Å². The van der Waals surface area contributed by atoms with E-state index in [9.17, 15) is 9.59 Å². The number of esters is 1. The molecule has 2 heterocycles. The number of carbonyl (C=O) groups excluding carboxylic acids is 1. The molecule has 0 fully saturated rings. The van der Waals surface area contributed by atoms with E-state index in [0.717, 1.165) is 5.56 Å². The Morgan fingerprint density at radius 3 is 2.41 bits per heavy atom. The zero-order valence-electron chi connectivity index (χ0n) is 17.2. The number of fused-ring (bicyclic) bond motifs is 1. The summed E-state index contributed by atoms with van der Waals surface area (Å²) in [6, 6.07) is 7.46. The average Bonchev–Trinajstić information content (AvgIpc) is 2.72. The van der Waals surface area contributed by atoms with Gasteiger partial charge in [-0.3, -0.25) is 9.78 Å². The second-order valence-electron chi connectivity index (χ2n) is 6.69. The van der Waals surface area contributed by atoms with Crippen molar-refractivity contribution < 1.29 is 19.0 Å². The van der Waals surface area contributed by atoms with Gasteiger partial charge in [-0.2, -0.15) is 0 Å². The zero-order valence-corrected chi connectivity index (χ0v) is 17.2. The Hall–Kier alpha value is -3.35. The highest BCUT2D eigenvalue weighted by molar-refractivity contribution is 6.05. The standard InChI is InChI=1S/C22H24N2O5/c1-13-19-16(20(14(2)23-13)22(26)29-5)9-11-24(21(19)25)10-8-15-6-7-17(27-3)18(12-15)28-4/h6-7,9,11-12H,8,10H2,1-5H3. The summed E-state index contributed by atoms with van der Waals surface area (Å²) >= 11 is 0. The van der Waals surface area contributed by atoms with E-state index >= 15 is 0 Å². The van der Waals surface area contributed by atoms with Crippen molar-refractivity contribution in [1.82, 2.24) is 9.55 Å². The first-order valence-corrected chi connectivity index (χ1v) is 9.20. The summed E-state index contributed by atoms with van der Waals surface area (Å²) in [5.74, 6) is 0.808. The summed E-state index contributed by atoms with van der Waals surface area (Å²) in [5, 5.41) is 1.00. The van der Waals surface area contributed by atoms with Crippen molar-refractivity contribution in [3.05, 3.63) is 63.3 Å². The van der Waals surface area contributed by atoms with Gasteiger partial charge in [0.2, 0.25) is 0 Å². The Labute approximate surface area is 168 Å². The number of pyridine rings is 2. The maximum atomic E-state index is 13.1. The third kappa shape index (κ3) is 3.81. The van der Waals surface area contributed by atoms with E-state index < -0.39 is 5.97 Å². The molecule has 0 aliphatic carbocycles. The van der Waals surface area contributed by atoms with E-state index in [2.05, 4.69) is 4.98 Å². The highest BCUT2D eigenvalue weighted by Crippen LogP contribution is 2.28. The Morgan fingerprint density at radius 2 is 1.76 bits per heavy atom. The fraction of sp³-hybridized carbons (Fsp3) is 0.318. The molecule has 3 rings (SSSR count). The first kappa shape index (κ1) is 20.4. The highest BCUT2D eigenvalue weighted by Gasteiger charge is 2.19. The Kier molecular flexibility index (Phi) is 5.87. The molecule has 0 bridgehead atoms. The molecule has 0 unspecified atom stereocenters. The number of nitrogens with zero attached hydrogens (tertiary/aromatic N) is 2. The first-order valence-electron chi connectivity index (χ1n) is 9.20. The number of hydrogen-bond acceptors (Lipinski definition) is 6. The maximum Gasteiger partial charge on any atom is 0.340 e. The second-order valence-corrected chi connectivity index (χ2v) is 6.69. The van der Waals surface area contributed by atoms with E-state index in [-0.39, 0.29) is 5.56 Å². The molecule has 0 saturated carbocycles. The molecule has 0 spiro atoms. The molecule has 152 valence electrons. The average molecular weight is 396 g/mol. The summed E-state index contributed by atoms with van der Waals surface area (Å²) in [6.45, 7) is 3.99. The van der Waals surface area contributed by atoms with Gasteiger partial charge < -0.3 is 18.8 Å². The topological polar surface area (TPSA) is 79.7 Å². The number of methoxy groups -OCH3 is 3. The van der Waals surface area contributed by atoms with Crippen LogP contribution in [0.25, 0.3) is 10.8 Å². The van der Waals surface area contributed by atoms with Crippen LogP contribution in [0.1, 0.15) is 27.3 Å². The highest BCUT2D eigenvalue weighted by atomic mass is 16.5. The Morgan fingerprint density at radius 1 is 1.03 bits per heavy atom. The molecule has 0 aliphatic heterocycles. The van der Waals surface area contributed by atoms with Crippen LogP contribution >= 0.6 is 0 Å². The molecule has 7 heteroatoms. The van der Waals surface area contributed by atoms with Crippen LogP contribution in [-0.4, -0.2) is 36.8 Å². The molecule has 2 aromatic heterocycles. The predicted octanol–water partition coefficient (Wildman–Crippen LogP) is 3.06. The lowest BCUT2D eigenvalue weighted by Crippen LogP contribution is -2.23. The van der Waals surface area contributed by atoms with Crippen molar-refractivity contribution in [3.8, 4) is 11.5 Å². The van der Waals surface area contributed by atoms with Crippen LogP contribution in [0.2, 0.25) is 0 Å². The smallest absolute Gasteiger partial charge is 0.340 e. The predicted molar refractivity (Wildman–Crippen MR) is 110 cm³/mol. The van der Waals surface area contributed by atoms with Crippen LogP contribution in [-0.2, 0) is 17.7 Å². The van der Waals surface area contributed by atoms with E-state index in [4.69, 9.17) is 14.2 Å². The van der Waals surface area contributed by atoms with E-state index in [1.165, 1.54) is 7.11 Å². The van der Waals surface area contributed by atoms with Crippen molar-refractivity contribution in [3.63, 3.8) is 0 Å². The second kappa shape index (κ2) is 8.34. The molecule has 0 radical (unpaired) electrons. The molecule has 29 heavy (non-hydrogen) atoms. The lowest BCUT2D eigenvalue weighted by molar-refractivity contribution is 0.0601. The fourth-order valence-electron chi connectivity index (χ4n) is 3.51. The van der Waals surface area contributed by atoms with Gasteiger partial charge in [0, 0.05) is 18.1 Å². The normalized spacial score (nSPS) is 10.8. The van der Waals surface area contributed by atoms with Gasteiger partial charge in [-0.05, 0) is 44.0 Å².